The van der Waals surface area contributed by atoms with Crippen molar-refractivity contribution in [2.75, 3.05) is 13.2 Å². The highest BCUT2D eigenvalue weighted by Gasteiger charge is 2.61. The number of nitrogens with one attached hydrogen (secondary N) is 1. The van der Waals surface area contributed by atoms with Crippen molar-refractivity contribution in [3.63, 3.8) is 0 Å². The lowest BCUT2D eigenvalue weighted by Gasteiger charge is -2.21. The number of rotatable bonds is 4. The third kappa shape index (κ3) is 2.56. The molecule has 1 fully saturated rings. The molecule has 0 aromatic heterocycles. The first-order valence-electron chi connectivity index (χ1n) is 7.47. The Kier molecular flexibility index (Phi) is 3.75. The molecule has 4 nitrogen and oxygen atoms in total. The zero-order chi connectivity index (χ0) is 16.7. The molecule has 124 valence electrons. The number of aliphatic imine (C=N–C) groups is 1. The molecule has 4 rings (SSSR count). The number of hydrogen-bond donors (Lipinski definition) is 1. The second-order valence-electron chi connectivity index (χ2n) is 5.81. The van der Waals surface area contributed by atoms with E-state index in [1.807, 2.05) is 18.2 Å². The largest absolute Gasteiger partial charge is 0.354 e. The first-order chi connectivity index (χ1) is 11.6. The molecule has 2 aromatic carbocycles. The van der Waals surface area contributed by atoms with Crippen LogP contribution in [0.3, 0.4) is 0 Å². The minimum atomic E-state index is -0.941. The van der Waals surface area contributed by atoms with Crippen LogP contribution in [-0.4, -0.2) is 24.6 Å². The van der Waals surface area contributed by atoms with Crippen molar-refractivity contribution >= 4 is 17.9 Å². The van der Waals surface area contributed by atoms with E-state index in [0.717, 1.165) is 11.6 Å². The molecule has 2 aliphatic heterocycles. The molecule has 2 aliphatic rings. The summed E-state index contributed by atoms with van der Waals surface area (Å²) in [5.41, 5.74) is 3.12. The topological polar surface area (TPSA) is 40.2 Å². The van der Waals surface area contributed by atoms with Crippen LogP contribution in [-0.2, 0) is 10.3 Å². The normalized spacial score (nSPS) is 25.7. The first-order valence-corrected chi connectivity index (χ1v) is 7.85. The number of halogens is 3. The summed E-state index contributed by atoms with van der Waals surface area (Å²) in [6.45, 7) is 0.786. The Balaban J connectivity index is 1.73. The monoisotopic (exact) mass is 349 g/mol. The summed E-state index contributed by atoms with van der Waals surface area (Å²) >= 11 is 6.27. The Morgan fingerprint density at radius 1 is 1.29 bits per heavy atom. The molecule has 0 spiro atoms. The molecule has 0 radical (unpaired) electrons. The van der Waals surface area contributed by atoms with Gasteiger partial charge in [-0.05, 0) is 12.1 Å². The Labute approximate surface area is 142 Å². The minimum absolute atomic E-state index is 0.308. The Bertz CT molecular complexity index is 808. The van der Waals surface area contributed by atoms with Gasteiger partial charge in [0.05, 0.1) is 12.9 Å². The lowest BCUT2D eigenvalue weighted by atomic mass is 9.91. The van der Waals surface area contributed by atoms with Crippen molar-refractivity contribution < 1.29 is 13.5 Å². The third-order valence-corrected chi connectivity index (χ3v) is 4.62. The first kappa shape index (κ1) is 15.5. The van der Waals surface area contributed by atoms with E-state index in [1.165, 1.54) is 12.1 Å². The molecule has 0 amide bonds. The van der Waals surface area contributed by atoms with Crippen LogP contribution in [0.25, 0.3) is 0 Å². The third-order valence-electron chi connectivity index (χ3n) is 4.28. The molecule has 1 saturated heterocycles. The lowest BCUT2D eigenvalue weighted by Crippen LogP contribution is -2.39. The van der Waals surface area contributed by atoms with Crippen molar-refractivity contribution in [1.82, 2.24) is 10.4 Å². The maximum Gasteiger partial charge on any atom is 0.142 e. The van der Waals surface area contributed by atoms with Crippen LogP contribution >= 0.6 is 11.6 Å². The van der Waals surface area contributed by atoms with Gasteiger partial charge in [0.2, 0.25) is 0 Å². The molecule has 2 atom stereocenters. The number of hydrogen-bond acceptors (Lipinski definition) is 4. The lowest BCUT2D eigenvalue weighted by molar-refractivity contribution is 0.175. The van der Waals surface area contributed by atoms with Crippen LogP contribution in [0.5, 0.6) is 0 Å². The van der Waals surface area contributed by atoms with Gasteiger partial charge in [0, 0.05) is 22.2 Å². The van der Waals surface area contributed by atoms with Crippen LogP contribution < -0.4 is 5.43 Å². The van der Waals surface area contributed by atoms with Crippen molar-refractivity contribution in [3.05, 3.63) is 70.2 Å². The highest BCUT2D eigenvalue weighted by Crippen LogP contribution is 2.59. The number of ether oxygens (including phenoxy) is 1. The summed E-state index contributed by atoms with van der Waals surface area (Å²) in [5.74, 6) is -1.26. The Hall–Kier alpha value is -2.02. The molecule has 2 heterocycles. The summed E-state index contributed by atoms with van der Waals surface area (Å²) < 4.78 is 33.7. The number of hydrazine groups is 1. The van der Waals surface area contributed by atoms with E-state index in [9.17, 15) is 8.78 Å². The van der Waals surface area contributed by atoms with Gasteiger partial charge in [0.15, 0.2) is 0 Å². The Morgan fingerprint density at radius 3 is 2.83 bits per heavy atom. The number of nitrogens with zero attached hydrogens (tertiary/aromatic N) is 2. The van der Waals surface area contributed by atoms with Gasteiger partial charge >= 0.3 is 0 Å². The van der Waals surface area contributed by atoms with Gasteiger partial charge in [0.1, 0.15) is 30.0 Å². The maximum atomic E-state index is 14.4. The second kappa shape index (κ2) is 5.81. The maximum absolute atomic E-state index is 14.4. The predicted molar refractivity (Wildman–Crippen MR) is 86.5 cm³/mol. The molecular formula is C17H14ClF2N3O. The predicted octanol–water partition coefficient (Wildman–Crippen LogP) is 3.39. The van der Waals surface area contributed by atoms with Crippen LogP contribution in [0.15, 0.2) is 47.5 Å². The fourth-order valence-corrected chi connectivity index (χ4v) is 3.34. The Morgan fingerprint density at radius 2 is 2.12 bits per heavy atom. The molecular weight excluding hydrogens is 336 g/mol. The van der Waals surface area contributed by atoms with E-state index in [2.05, 4.69) is 10.4 Å². The fraction of sp³-hybridized carbons (Fsp3) is 0.235. The molecule has 0 unspecified atom stereocenters. The quantitative estimate of drug-likeness (QED) is 0.860. The number of epoxide rings is 1. The van der Waals surface area contributed by atoms with E-state index < -0.39 is 23.3 Å². The summed E-state index contributed by atoms with van der Waals surface area (Å²) in [6, 6.07) is 10.8. The zero-order valence-electron chi connectivity index (χ0n) is 12.5. The van der Waals surface area contributed by atoms with Gasteiger partial charge in [-0.1, -0.05) is 35.9 Å². The summed E-state index contributed by atoms with van der Waals surface area (Å²) in [5, 5.41) is 2.36. The smallest absolute Gasteiger partial charge is 0.142 e. The highest BCUT2D eigenvalue weighted by molar-refractivity contribution is 6.31. The summed E-state index contributed by atoms with van der Waals surface area (Å²) in [6.07, 6.45) is 1.16. The van der Waals surface area contributed by atoms with E-state index in [1.54, 1.807) is 17.4 Å². The van der Waals surface area contributed by atoms with Crippen molar-refractivity contribution in [2.24, 2.45) is 4.99 Å². The second-order valence-corrected chi connectivity index (χ2v) is 6.22. The fourth-order valence-electron chi connectivity index (χ4n) is 3.10. The van der Waals surface area contributed by atoms with Crippen molar-refractivity contribution in [3.8, 4) is 0 Å². The standard InChI is InChI=1S/C17H14ClF2N3O/c18-14-4-2-1-3-12(14)16-17(24-16,8-23-10-21-9-22-23)13-6-5-11(19)7-15(13)20/h1-7,9,16H,8,10H2,(H,21,22)/t16-,17-/m1/s1. The van der Waals surface area contributed by atoms with Crippen LogP contribution in [0.4, 0.5) is 8.78 Å². The average molecular weight is 350 g/mol. The van der Waals surface area contributed by atoms with E-state index >= 15 is 0 Å². The van der Waals surface area contributed by atoms with Gasteiger partial charge in [-0.25, -0.2) is 8.78 Å². The van der Waals surface area contributed by atoms with Gasteiger partial charge in [-0.2, -0.15) is 5.01 Å². The van der Waals surface area contributed by atoms with Gasteiger partial charge in [-0.15, -0.1) is 0 Å². The molecule has 2 aromatic rings. The molecule has 24 heavy (non-hydrogen) atoms. The SMILES string of the molecule is Fc1ccc([C@@]2(CN3CN=CN3)O[C@@H]2c2ccccc2Cl)c(F)c1. The van der Waals surface area contributed by atoms with Gasteiger partial charge < -0.3 is 10.2 Å². The van der Waals surface area contributed by atoms with Crippen LogP contribution in [0.1, 0.15) is 17.2 Å². The van der Waals surface area contributed by atoms with Crippen LogP contribution in [0, 0.1) is 11.6 Å². The van der Waals surface area contributed by atoms with Gasteiger partial charge in [-0.3, -0.25) is 4.99 Å². The minimum Gasteiger partial charge on any atom is -0.354 e. The van der Waals surface area contributed by atoms with E-state index in [0.29, 0.717) is 23.8 Å². The average Bonchev–Trinajstić information content (AvgIpc) is 3.01. The van der Waals surface area contributed by atoms with E-state index in [-0.39, 0.29) is 0 Å². The van der Waals surface area contributed by atoms with Crippen molar-refractivity contribution in [1.29, 1.82) is 0 Å². The molecule has 0 saturated carbocycles. The molecule has 1 N–H and O–H groups in total. The van der Waals surface area contributed by atoms with Gasteiger partial charge in [0.25, 0.3) is 0 Å². The summed E-state index contributed by atoms with van der Waals surface area (Å²) in [4.78, 5) is 4.08. The van der Waals surface area contributed by atoms with E-state index in [4.69, 9.17) is 16.3 Å². The number of benzene rings is 2. The summed E-state index contributed by atoms with van der Waals surface area (Å²) in [7, 11) is 0. The van der Waals surface area contributed by atoms with Crippen molar-refractivity contribution in [2.45, 2.75) is 11.7 Å². The molecule has 0 aliphatic carbocycles. The highest BCUT2D eigenvalue weighted by atomic mass is 35.5. The molecule has 7 heteroatoms. The van der Waals surface area contributed by atoms with Crippen LogP contribution in [0.2, 0.25) is 5.02 Å². The zero-order valence-corrected chi connectivity index (χ0v) is 13.3. The molecule has 0 bridgehead atoms.